The fraction of sp³-hybridized carbons (Fsp3) is 0.308. The lowest BCUT2D eigenvalue weighted by Gasteiger charge is -2.30. The molecule has 0 unspecified atom stereocenters. The molecular weight excluding hydrogens is 499 g/mol. The summed E-state index contributed by atoms with van der Waals surface area (Å²) in [5, 5.41) is 8.22. The number of likely N-dealkylation sites (tertiary alicyclic amines) is 1. The molecule has 2 aromatic heterocycles. The number of nitrogens with zero attached hydrogens (tertiary/aromatic N) is 5. The molecule has 1 fully saturated rings. The fourth-order valence-electron chi connectivity index (χ4n) is 4.50. The van der Waals surface area contributed by atoms with Crippen LogP contribution in [0.15, 0.2) is 59.4 Å². The van der Waals surface area contributed by atoms with Crippen LogP contribution in [0.1, 0.15) is 30.1 Å². The topological polar surface area (TPSA) is 89.1 Å². The van der Waals surface area contributed by atoms with Gasteiger partial charge in [-0.05, 0) is 62.7 Å². The van der Waals surface area contributed by atoms with Gasteiger partial charge in [-0.15, -0.1) is 0 Å². The van der Waals surface area contributed by atoms with Gasteiger partial charge in [0.15, 0.2) is 0 Å². The molecule has 10 heteroatoms. The molecule has 0 radical (unpaired) electrons. The molecule has 1 aliphatic heterocycles. The SMILES string of the molecule is Cc1nccn1-c1ccccc1CNC(=O)C1CCN(Cc2nc(-c3ccc(Cl)cc3Cl)no2)CC1. The molecule has 8 nitrogen and oxygen atoms in total. The van der Waals surface area contributed by atoms with Crippen molar-refractivity contribution in [2.75, 3.05) is 13.1 Å². The van der Waals surface area contributed by atoms with Crippen molar-refractivity contribution in [3.63, 3.8) is 0 Å². The zero-order chi connectivity index (χ0) is 25.1. The Morgan fingerprint density at radius 3 is 2.72 bits per heavy atom. The number of nitrogens with one attached hydrogen (secondary N) is 1. The molecule has 186 valence electrons. The number of para-hydroxylation sites is 1. The number of imidazole rings is 1. The highest BCUT2D eigenvalue weighted by Gasteiger charge is 2.26. The van der Waals surface area contributed by atoms with E-state index in [4.69, 9.17) is 27.7 Å². The summed E-state index contributed by atoms with van der Waals surface area (Å²) in [5.41, 5.74) is 2.76. The number of halogens is 2. The van der Waals surface area contributed by atoms with Crippen LogP contribution in [0, 0.1) is 12.8 Å². The highest BCUT2D eigenvalue weighted by molar-refractivity contribution is 6.36. The van der Waals surface area contributed by atoms with Gasteiger partial charge < -0.3 is 14.4 Å². The van der Waals surface area contributed by atoms with E-state index in [0.29, 0.717) is 40.4 Å². The average Bonchev–Trinajstić information content (AvgIpc) is 3.52. The lowest BCUT2D eigenvalue weighted by Crippen LogP contribution is -2.40. The molecule has 0 aliphatic carbocycles. The Morgan fingerprint density at radius 2 is 1.97 bits per heavy atom. The lowest BCUT2D eigenvalue weighted by molar-refractivity contribution is -0.126. The Labute approximate surface area is 219 Å². The molecule has 5 rings (SSSR count). The molecule has 0 spiro atoms. The summed E-state index contributed by atoms with van der Waals surface area (Å²) < 4.78 is 7.47. The van der Waals surface area contributed by atoms with E-state index in [-0.39, 0.29) is 11.8 Å². The smallest absolute Gasteiger partial charge is 0.241 e. The first-order valence-electron chi connectivity index (χ1n) is 11.8. The molecule has 0 saturated carbocycles. The van der Waals surface area contributed by atoms with Gasteiger partial charge in [-0.2, -0.15) is 4.98 Å². The van der Waals surface area contributed by atoms with E-state index in [0.717, 1.165) is 43.0 Å². The molecule has 2 aromatic carbocycles. The van der Waals surface area contributed by atoms with Crippen molar-refractivity contribution < 1.29 is 9.32 Å². The summed E-state index contributed by atoms with van der Waals surface area (Å²) in [5.74, 6) is 1.93. The monoisotopic (exact) mass is 524 g/mol. The van der Waals surface area contributed by atoms with Crippen molar-refractivity contribution in [1.82, 2.24) is 29.9 Å². The van der Waals surface area contributed by atoms with Crippen LogP contribution < -0.4 is 5.32 Å². The lowest BCUT2D eigenvalue weighted by atomic mass is 9.96. The van der Waals surface area contributed by atoms with Crippen LogP contribution in [0.25, 0.3) is 17.1 Å². The molecule has 4 aromatic rings. The second kappa shape index (κ2) is 10.8. The molecule has 0 bridgehead atoms. The summed E-state index contributed by atoms with van der Waals surface area (Å²) in [6, 6.07) is 13.2. The molecule has 36 heavy (non-hydrogen) atoms. The number of hydrogen-bond acceptors (Lipinski definition) is 6. The number of carbonyl (C=O) groups is 1. The van der Waals surface area contributed by atoms with Gasteiger partial charge in [0.25, 0.3) is 0 Å². The van der Waals surface area contributed by atoms with Crippen LogP contribution in [-0.4, -0.2) is 43.6 Å². The average molecular weight is 525 g/mol. The minimum atomic E-state index is -0.0190. The van der Waals surface area contributed by atoms with Crippen LogP contribution in [0.2, 0.25) is 10.0 Å². The normalized spacial score (nSPS) is 14.8. The van der Waals surface area contributed by atoms with Gasteiger partial charge >= 0.3 is 0 Å². The summed E-state index contributed by atoms with van der Waals surface area (Å²) in [4.78, 5) is 23.9. The summed E-state index contributed by atoms with van der Waals surface area (Å²) >= 11 is 12.2. The Kier molecular flexibility index (Phi) is 7.36. The Balaban J connectivity index is 1.13. The van der Waals surface area contributed by atoms with Crippen LogP contribution in [0.5, 0.6) is 0 Å². The maximum atomic E-state index is 12.9. The molecule has 1 saturated heterocycles. The van der Waals surface area contributed by atoms with Gasteiger partial charge in [-0.1, -0.05) is 46.6 Å². The Morgan fingerprint density at radius 1 is 1.17 bits per heavy atom. The van der Waals surface area contributed by atoms with E-state index < -0.39 is 0 Å². The maximum Gasteiger partial charge on any atom is 0.241 e. The van der Waals surface area contributed by atoms with E-state index >= 15 is 0 Å². The first-order chi connectivity index (χ1) is 17.5. The third kappa shape index (κ3) is 5.46. The predicted octanol–water partition coefficient (Wildman–Crippen LogP) is 5.07. The molecule has 3 heterocycles. The molecule has 1 aliphatic rings. The van der Waals surface area contributed by atoms with E-state index in [1.54, 1.807) is 24.4 Å². The van der Waals surface area contributed by atoms with E-state index in [9.17, 15) is 4.79 Å². The number of amides is 1. The zero-order valence-electron chi connectivity index (χ0n) is 19.8. The number of piperidine rings is 1. The van der Waals surface area contributed by atoms with Crippen molar-refractivity contribution in [2.24, 2.45) is 5.92 Å². The van der Waals surface area contributed by atoms with Gasteiger partial charge in [-0.25, -0.2) is 4.98 Å². The van der Waals surface area contributed by atoms with Crippen molar-refractivity contribution >= 4 is 29.1 Å². The van der Waals surface area contributed by atoms with Crippen LogP contribution in [-0.2, 0) is 17.9 Å². The third-order valence-corrected chi connectivity index (χ3v) is 7.04. The third-order valence-electron chi connectivity index (χ3n) is 6.49. The van der Waals surface area contributed by atoms with Crippen molar-refractivity contribution in [1.29, 1.82) is 0 Å². The number of aryl methyl sites for hydroxylation is 1. The number of rotatable bonds is 7. The van der Waals surface area contributed by atoms with Crippen LogP contribution >= 0.6 is 23.2 Å². The minimum Gasteiger partial charge on any atom is -0.352 e. The van der Waals surface area contributed by atoms with E-state index in [1.165, 1.54) is 0 Å². The van der Waals surface area contributed by atoms with Gasteiger partial charge in [-0.3, -0.25) is 9.69 Å². The number of hydrogen-bond donors (Lipinski definition) is 1. The molecular formula is C26H26Cl2N6O2. The quantitative estimate of drug-likeness (QED) is 0.363. The van der Waals surface area contributed by atoms with Gasteiger partial charge in [0, 0.05) is 35.4 Å². The largest absolute Gasteiger partial charge is 0.352 e. The standard InChI is InChI=1S/C26H26Cl2N6O2/c1-17-29-10-13-34(17)23-5-3-2-4-19(23)15-30-26(35)18-8-11-33(12-9-18)16-24-31-25(32-36-24)21-7-6-20(27)14-22(21)28/h2-7,10,13-14,18H,8-9,11-12,15-16H2,1H3,(H,30,35). The summed E-state index contributed by atoms with van der Waals surface area (Å²) in [6.07, 6.45) is 5.26. The van der Waals surface area contributed by atoms with Crippen molar-refractivity contribution in [3.05, 3.63) is 82.2 Å². The van der Waals surface area contributed by atoms with Crippen LogP contribution in [0.3, 0.4) is 0 Å². The number of aromatic nitrogens is 4. The van der Waals surface area contributed by atoms with E-state index in [1.807, 2.05) is 42.0 Å². The summed E-state index contributed by atoms with van der Waals surface area (Å²) in [6.45, 7) is 4.53. The predicted molar refractivity (Wildman–Crippen MR) is 138 cm³/mol. The van der Waals surface area contributed by atoms with Crippen LogP contribution in [0.4, 0.5) is 0 Å². The first-order valence-corrected chi connectivity index (χ1v) is 12.6. The Hall–Kier alpha value is -3.20. The molecule has 0 atom stereocenters. The van der Waals surface area contributed by atoms with Gasteiger partial charge in [0.1, 0.15) is 5.82 Å². The Bertz CT molecular complexity index is 1360. The minimum absolute atomic E-state index is 0.0190. The highest BCUT2D eigenvalue weighted by Crippen LogP contribution is 2.29. The molecule has 1 N–H and O–H groups in total. The number of benzene rings is 2. The first kappa shape index (κ1) is 24.5. The maximum absolute atomic E-state index is 12.9. The summed E-state index contributed by atoms with van der Waals surface area (Å²) in [7, 11) is 0. The molecule has 1 amide bonds. The van der Waals surface area contributed by atoms with Gasteiger partial charge in [0.05, 0.1) is 17.3 Å². The van der Waals surface area contributed by atoms with Crippen molar-refractivity contribution in [3.8, 4) is 17.1 Å². The second-order valence-corrected chi connectivity index (χ2v) is 9.72. The second-order valence-electron chi connectivity index (χ2n) is 8.88. The fourth-order valence-corrected chi connectivity index (χ4v) is 4.99. The number of carbonyl (C=O) groups excluding carboxylic acids is 1. The van der Waals surface area contributed by atoms with E-state index in [2.05, 4.69) is 25.3 Å². The highest BCUT2D eigenvalue weighted by atomic mass is 35.5. The van der Waals surface area contributed by atoms with Gasteiger partial charge in [0.2, 0.25) is 17.6 Å². The van der Waals surface area contributed by atoms with Crippen molar-refractivity contribution in [2.45, 2.75) is 32.9 Å². The zero-order valence-corrected chi connectivity index (χ0v) is 21.3.